The van der Waals surface area contributed by atoms with Crippen molar-refractivity contribution in [3.63, 3.8) is 0 Å². The Morgan fingerprint density at radius 3 is 2.85 bits per heavy atom. The minimum atomic E-state index is -0.846. The van der Waals surface area contributed by atoms with Gasteiger partial charge in [0.05, 0.1) is 12.0 Å². The Morgan fingerprint density at radius 2 is 2.20 bits per heavy atom. The van der Waals surface area contributed by atoms with Gasteiger partial charge in [0.2, 0.25) is 0 Å². The second-order valence-corrected chi connectivity index (χ2v) is 6.00. The number of carboxylic acid groups (broad SMARTS) is 1. The van der Waals surface area contributed by atoms with Crippen LogP contribution in [0.4, 0.5) is 4.79 Å². The van der Waals surface area contributed by atoms with E-state index >= 15 is 0 Å². The molecule has 2 aliphatic rings. The van der Waals surface area contributed by atoms with Crippen LogP contribution in [0.1, 0.15) is 45.4 Å². The maximum Gasteiger partial charge on any atom is 0.317 e. The predicted molar refractivity (Wildman–Crippen MR) is 73.6 cm³/mol. The zero-order valence-corrected chi connectivity index (χ0v) is 12.1. The van der Waals surface area contributed by atoms with Crippen molar-refractivity contribution >= 4 is 12.0 Å². The van der Waals surface area contributed by atoms with E-state index in [1.54, 1.807) is 4.90 Å². The second kappa shape index (κ2) is 6.43. The molecular formula is C14H24N2O4. The van der Waals surface area contributed by atoms with Crippen molar-refractivity contribution in [3.05, 3.63) is 0 Å². The average molecular weight is 284 g/mol. The summed E-state index contributed by atoms with van der Waals surface area (Å²) in [5, 5.41) is 11.8. The Kier molecular flexibility index (Phi) is 4.86. The number of nitrogens with one attached hydrogen (secondary N) is 1. The second-order valence-electron chi connectivity index (χ2n) is 6.00. The summed E-state index contributed by atoms with van der Waals surface area (Å²) in [5.41, 5.74) is -0.270. The number of urea groups is 1. The van der Waals surface area contributed by atoms with Gasteiger partial charge in [0, 0.05) is 25.7 Å². The zero-order chi connectivity index (χ0) is 14.6. The van der Waals surface area contributed by atoms with E-state index in [1.807, 2.05) is 6.92 Å². The van der Waals surface area contributed by atoms with E-state index in [0.717, 1.165) is 38.7 Å². The molecule has 0 radical (unpaired) electrons. The quantitative estimate of drug-likeness (QED) is 0.821. The van der Waals surface area contributed by atoms with Gasteiger partial charge in [-0.15, -0.1) is 0 Å². The molecule has 6 nitrogen and oxygen atoms in total. The van der Waals surface area contributed by atoms with Gasteiger partial charge in [-0.1, -0.05) is 0 Å². The number of ether oxygens (including phenoxy) is 1. The summed E-state index contributed by atoms with van der Waals surface area (Å²) in [7, 11) is 0. The summed E-state index contributed by atoms with van der Waals surface area (Å²) in [4.78, 5) is 24.8. The molecule has 2 heterocycles. The van der Waals surface area contributed by atoms with Gasteiger partial charge in [-0.3, -0.25) is 4.79 Å². The van der Waals surface area contributed by atoms with Crippen LogP contribution in [0.2, 0.25) is 0 Å². The smallest absolute Gasteiger partial charge is 0.317 e. The number of rotatable bonds is 4. The normalized spacial score (nSPS) is 30.2. The van der Waals surface area contributed by atoms with Crippen molar-refractivity contribution in [1.82, 2.24) is 10.2 Å². The lowest BCUT2D eigenvalue weighted by atomic mass is 9.99. The van der Waals surface area contributed by atoms with Gasteiger partial charge >= 0.3 is 12.0 Å². The fourth-order valence-electron chi connectivity index (χ4n) is 3.02. The lowest BCUT2D eigenvalue weighted by Crippen LogP contribution is -2.52. The van der Waals surface area contributed by atoms with E-state index in [0.29, 0.717) is 13.1 Å². The first-order chi connectivity index (χ1) is 9.50. The van der Waals surface area contributed by atoms with Crippen LogP contribution in [0, 0.1) is 0 Å². The molecule has 2 amide bonds. The van der Waals surface area contributed by atoms with Crippen molar-refractivity contribution in [1.29, 1.82) is 0 Å². The molecule has 0 saturated carbocycles. The summed E-state index contributed by atoms with van der Waals surface area (Å²) >= 11 is 0. The molecule has 2 fully saturated rings. The van der Waals surface area contributed by atoms with E-state index in [4.69, 9.17) is 9.84 Å². The molecule has 2 N–H and O–H groups in total. The van der Waals surface area contributed by atoms with Gasteiger partial charge < -0.3 is 20.1 Å². The largest absolute Gasteiger partial charge is 0.481 e. The minimum Gasteiger partial charge on any atom is -0.481 e. The number of carbonyl (C=O) groups excluding carboxylic acids is 1. The maximum absolute atomic E-state index is 12.3. The summed E-state index contributed by atoms with van der Waals surface area (Å²) in [5.74, 6) is -0.846. The van der Waals surface area contributed by atoms with Gasteiger partial charge in [-0.2, -0.15) is 0 Å². The number of likely N-dealkylation sites (tertiary alicyclic amines) is 1. The van der Waals surface area contributed by atoms with Gasteiger partial charge in [-0.25, -0.2) is 4.79 Å². The molecule has 2 saturated heterocycles. The molecule has 2 unspecified atom stereocenters. The van der Waals surface area contributed by atoms with Crippen molar-refractivity contribution in [3.8, 4) is 0 Å². The molecule has 2 aliphatic heterocycles. The summed E-state index contributed by atoms with van der Waals surface area (Å²) < 4.78 is 5.64. The lowest BCUT2D eigenvalue weighted by Gasteiger charge is -2.36. The summed E-state index contributed by atoms with van der Waals surface area (Å²) in [6.07, 6.45) is 4.71. The third kappa shape index (κ3) is 3.85. The van der Waals surface area contributed by atoms with E-state index in [1.165, 1.54) is 0 Å². The molecule has 6 heteroatoms. The van der Waals surface area contributed by atoms with Gasteiger partial charge in [0.25, 0.3) is 0 Å². The molecule has 0 aromatic heterocycles. The SMILES string of the molecule is CC1(CNC(=O)N2CCCCC2CC(=O)O)CCCO1. The monoisotopic (exact) mass is 284 g/mol. The van der Waals surface area contributed by atoms with E-state index < -0.39 is 5.97 Å². The molecule has 20 heavy (non-hydrogen) atoms. The number of carboxylic acids is 1. The number of carbonyl (C=O) groups is 2. The van der Waals surface area contributed by atoms with Crippen LogP contribution < -0.4 is 5.32 Å². The average Bonchev–Trinajstić information content (AvgIpc) is 2.83. The van der Waals surface area contributed by atoms with Crippen LogP contribution in [0.25, 0.3) is 0 Å². The number of amides is 2. The van der Waals surface area contributed by atoms with Gasteiger partial charge in [0.15, 0.2) is 0 Å². The summed E-state index contributed by atoms with van der Waals surface area (Å²) in [6, 6.07) is -0.341. The standard InChI is InChI=1S/C14H24N2O4/c1-14(6-4-8-20-14)10-15-13(19)16-7-3-2-5-11(16)9-12(17)18/h11H,2-10H2,1H3,(H,15,19)(H,17,18). The molecule has 0 aromatic carbocycles. The van der Waals surface area contributed by atoms with Crippen molar-refractivity contribution < 1.29 is 19.4 Å². The number of hydrogen-bond donors (Lipinski definition) is 2. The first-order valence-electron chi connectivity index (χ1n) is 7.40. The van der Waals surface area contributed by atoms with Crippen LogP contribution in [0.15, 0.2) is 0 Å². The summed E-state index contributed by atoms with van der Waals surface area (Å²) in [6.45, 7) is 3.88. The van der Waals surface area contributed by atoms with E-state index in [-0.39, 0.29) is 24.1 Å². The molecule has 114 valence electrons. The zero-order valence-electron chi connectivity index (χ0n) is 12.1. The molecule has 2 atom stereocenters. The third-order valence-electron chi connectivity index (χ3n) is 4.21. The molecule has 0 bridgehead atoms. The van der Waals surface area contributed by atoms with E-state index in [2.05, 4.69) is 5.32 Å². The first kappa shape index (κ1) is 15.1. The van der Waals surface area contributed by atoms with Crippen molar-refractivity contribution in [2.75, 3.05) is 19.7 Å². The highest BCUT2D eigenvalue weighted by Crippen LogP contribution is 2.24. The number of hydrogen-bond acceptors (Lipinski definition) is 3. The number of piperidine rings is 1. The Bertz CT molecular complexity index is 366. The number of aliphatic carboxylic acids is 1. The Balaban J connectivity index is 1.87. The Morgan fingerprint density at radius 1 is 1.40 bits per heavy atom. The predicted octanol–water partition coefficient (Wildman–Crippen LogP) is 1.59. The lowest BCUT2D eigenvalue weighted by molar-refractivity contribution is -0.138. The van der Waals surface area contributed by atoms with Crippen LogP contribution in [0.3, 0.4) is 0 Å². The molecule has 2 rings (SSSR count). The molecule has 0 aliphatic carbocycles. The Hall–Kier alpha value is -1.30. The van der Waals surface area contributed by atoms with Crippen LogP contribution in [-0.2, 0) is 9.53 Å². The molecule has 0 aromatic rings. The molecular weight excluding hydrogens is 260 g/mol. The minimum absolute atomic E-state index is 0.0290. The van der Waals surface area contributed by atoms with Gasteiger partial charge in [-0.05, 0) is 39.0 Å². The highest BCUT2D eigenvalue weighted by Gasteiger charge is 2.33. The number of nitrogens with zero attached hydrogens (tertiary/aromatic N) is 1. The highest BCUT2D eigenvalue weighted by atomic mass is 16.5. The topological polar surface area (TPSA) is 78.9 Å². The fraction of sp³-hybridized carbons (Fsp3) is 0.857. The Labute approximate surface area is 119 Å². The third-order valence-corrected chi connectivity index (χ3v) is 4.21. The van der Waals surface area contributed by atoms with Crippen LogP contribution in [0.5, 0.6) is 0 Å². The van der Waals surface area contributed by atoms with E-state index in [9.17, 15) is 9.59 Å². The maximum atomic E-state index is 12.3. The molecule has 0 spiro atoms. The first-order valence-corrected chi connectivity index (χ1v) is 7.40. The van der Waals surface area contributed by atoms with Crippen molar-refractivity contribution in [2.24, 2.45) is 0 Å². The van der Waals surface area contributed by atoms with Crippen LogP contribution >= 0.6 is 0 Å². The highest BCUT2D eigenvalue weighted by molar-refractivity contribution is 5.76. The van der Waals surface area contributed by atoms with Gasteiger partial charge in [0.1, 0.15) is 0 Å². The van der Waals surface area contributed by atoms with Crippen molar-refractivity contribution in [2.45, 2.75) is 57.1 Å². The fourth-order valence-corrected chi connectivity index (χ4v) is 3.02. The van der Waals surface area contributed by atoms with Crippen LogP contribution in [-0.4, -0.2) is 53.3 Å².